The highest BCUT2D eigenvalue weighted by molar-refractivity contribution is 9.10. The first-order valence-electron chi connectivity index (χ1n) is 4.81. The van der Waals surface area contributed by atoms with Gasteiger partial charge in [0.1, 0.15) is 5.75 Å². The van der Waals surface area contributed by atoms with Crippen LogP contribution in [-0.4, -0.2) is 4.98 Å². The predicted octanol–water partition coefficient (Wildman–Crippen LogP) is 3.53. The maximum absolute atomic E-state index is 5.66. The van der Waals surface area contributed by atoms with Gasteiger partial charge in [0, 0.05) is 18.0 Å². The number of aryl methyl sites for hydroxylation is 1. The van der Waals surface area contributed by atoms with Crippen molar-refractivity contribution >= 4 is 21.6 Å². The molecule has 0 aliphatic carbocycles. The van der Waals surface area contributed by atoms with E-state index in [9.17, 15) is 0 Å². The number of anilines is 1. The van der Waals surface area contributed by atoms with Gasteiger partial charge in [0.05, 0.1) is 4.47 Å². The van der Waals surface area contributed by atoms with Gasteiger partial charge < -0.3 is 10.5 Å². The summed E-state index contributed by atoms with van der Waals surface area (Å²) in [5.41, 5.74) is 7.41. The summed E-state index contributed by atoms with van der Waals surface area (Å²) in [6, 6.07) is 9.20. The van der Waals surface area contributed by atoms with Crippen LogP contribution < -0.4 is 10.5 Å². The van der Waals surface area contributed by atoms with Gasteiger partial charge in [-0.3, -0.25) is 0 Å². The molecule has 0 atom stereocenters. The summed E-state index contributed by atoms with van der Waals surface area (Å²) in [5.74, 6) is 1.22. The van der Waals surface area contributed by atoms with Gasteiger partial charge in [-0.25, -0.2) is 4.98 Å². The number of ether oxygens (including phenoxy) is 1. The molecule has 0 radical (unpaired) electrons. The van der Waals surface area contributed by atoms with Crippen LogP contribution in [0.2, 0.25) is 0 Å². The van der Waals surface area contributed by atoms with Crippen molar-refractivity contribution in [1.29, 1.82) is 0 Å². The molecule has 0 amide bonds. The molecule has 2 rings (SSSR count). The SMILES string of the molecule is Cc1cnc(Oc2cccc(N)c2)c(Br)c1. The second-order valence-electron chi connectivity index (χ2n) is 3.47. The number of nitrogens with zero attached hydrogens (tertiary/aromatic N) is 1. The maximum atomic E-state index is 5.66. The Hall–Kier alpha value is -1.55. The van der Waals surface area contributed by atoms with E-state index in [-0.39, 0.29) is 0 Å². The molecule has 0 bridgehead atoms. The summed E-state index contributed by atoms with van der Waals surface area (Å²) in [6.07, 6.45) is 1.76. The lowest BCUT2D eigenvalue weighted by Gasteiger charge is -2.07. The minimum absolute atomic E-state index is 0.538. The summed E-state index contributed by atoms with van der Waals surface area (Å²) in [5, 5.41) is 0. The lowest BCUT2D eigenvalue weighted by atomic mass is 10.3. The number of benzene rings is 1. The molecule has 2 N–H and O–H groups in total. The highest BCUT2D eigenvalue weighted by Gasteiger charge is 2.04. The largest absolute Gasteiger partial charge is 0.438 e. The highest BCUT2D eigenvalue weighted by atomic mass is 79.9. The fraction of sp³-hybridized carbons (Fsp3) is 0.0833. The van der Waals surface area contributed by atoms with Gasteiger partial charge in [0.25, 0.3) is 0 Å². The number of nitrogens with two attached hydrogens (primary N) is 1. The minimum Gasteiger partial charge on any atom is -0.438 e. The third-order valence-corrected chi connectivity index (χ3v) is 2.58. The second kappa shape index (κ2) is 4.53. The lowest BCUT2D eigenvalue weighted by molar-refractivity contribution is 0.459. The van der Waals surface area contributed by atoms with Crippen molar-refractivity contribution in [2.75, 3.05) is 5.73 Å². The second-order valence-corrected chi connectivity index (χ2v) is 4.33. The Morgan fingerprint density at radius 3 is 2.81 bits per heavy atom. The molecule has 0 aliphatic heterocycles. The minimum atomic E-state index is 0.538. The monoisotopic (exact) mass is 278 g/mol. The zero-order chi connectivity index (χ0) is 11.5. The molecule has 0 saturated heterocycles. The Kier molecular flexibility index (Phi) is 3.10. The molecule has 0 aliphatic rings. The molecule has 2 aromatic rings. The third-order valence-electron chi connectivity index (χ3n) is 2.02. The molecule has 0 unspecified atom stereocenters. The van der Waals surface area contributed by atoms with Crippen LogP contribution in [0.15, 0.2) is 41.0 Å². The number of pyridine rings is 1. The molecule has 0 saturated carbocycles. The Bertz CT molecular complexity index is 514. The molecule has 1 aromatic heterocycles. The normalized spacial score (nSPS) is 10.1. The van der Waals surface area contributed by atoms with E-state index in [2.05, 4.69) is 20.9 Å². The van der Waals surface area contributed by atoms with Crippen LogP contribution in [0.25, 0.3) is 0 Å². The van der Waals surface area contributed by atoms with Gasteiger partial charge in [-0.05, 0) is 46.6 Å². The van der Waals surface area contributed by atoms with Crippen molar-refractivity contribution in [3.05, 3.63) is 46.6 Å². The van der Waals surface area contributed by atoms with Crippen LogP contribution in [0.3, 0.4) is 0 Å². The third kappa shape index (κ3) is 2.52. The molecule has 16 heavy (non-hydrogen) atoms. The predicted molar refractivity (Wildman–Crippen MR) is 67.6 cm³/mol. The van der Waals surface area contributed by atoms with Crippen molar-refractivity contribution in [2.24, 2.45) is 0 Å². The van der Waals surface area contributed by atoms with Gasteiger partial charge >= 0.3 is 0 Å². The van der Waals surface area contributed by atoms with E-state index in [4.69, 9.17) is 10.5 Å². The van der Waals surface area contributed by atoms with Crippen molar-refractivity contribution in [2.45, 2.75) is 6.92 Å². The number of halogens is 1. The number of aromatic nitrogens is 1. The Morgan fingerprint density at radius 2 is 2.12 bits per heavy atom. The average Bonchev–Trinajstić information content (AvgIpc) is 2.22. The van der Waals surface area contributed by atoms with Gasteiger partial charge in [-0.1, -0.05) is 6.07 Å². The molecule has 3 nitrogen and oxygen atoms in total. The van der Waals surface area contributed by atoms with Crippen molar-refractivity contribution in [1.82, 2.24) is 4.98 Å². The highest BCUT2D eigenvalue weighted by Crippen LogP contribution is 2.28. The molecular formula is C12H11BrN2O. The molecule has 1 aromatic carbocycles. The lowest BCUT2D eigenvalue weighted by Crippen LogP contribution is -1.91. The van der Waals surface area contributed by atoms with Gasteiger partial charge in [-0.2, -0.15) is 0 Å². The van der Waals surface area contributed by atoms with E-state index >= 15 is 0 Å². The maximum Gasteiger partial charge on any atom is 0.233 e. The summed E-state index contributed by atoms with van der Waals surface area (Å²) in [4.78, 5) is 4.19. The van der Waals surface area contributed by atoms with E-state index < -0.39 is 0 Å². The summed E-state index contributed by atoms with van der Waals surface area (Å²) in [6.45, 7) is 1.97. The topological polar surface area (TPSA) is 48.1 Å². The Labute approximate surface area is 102 Å². The van der Waals surface area contributed by atoms with Crippen molar-refractivity contribution in [3.8, 4) is 11.6 Å². The van der Waals surface area contributed by atoms with Crippen LogP contribution in [0.5, 0.6) is 11.6 Å². The smallest absolute Gasteiger partial charge is 0.233 e. The summed E-state index contributed by atoms with van der Waals surface area (Å²) in [7, 11) is 0. The molecule has 1 heterocycles. The number of rotatable bonds is 2. The first-order chi connectivity index (χ1) is 7.65. The number of nitrogen functional groups attached to an aromatic ring is 1. The van der Waals surface area contributed by atoms with Gasteiger partial charge in [0.15, 0.2) is 0 Å². The number of hydrogen-bond donors (Lipinski definition) is 1. The van der Waals surface area contributed by atoms with Crippen LogP contribution >= 0.6 is 15.9 Å². The van der Waals surface area contributed by atoms with Crippen LogP contribution in [0, 0.1) is 6.92 Å². The Morgan fingerprint density at radius 1 is 1.31 bits per heavy atom. The van der Waals surface area contributed by atoms with E-state index in [0.717, 1.165) is 10.0 Å². The zero-order valence-corrected chi connectivity index (χ0v) is 10.4. The van der Waals surface area contributed by atoms with Gasteiger partial charge in [0.2, 0.25) is 5.88 Å². The Balaban J connectivity index is 2.27. The van der Waals surface area contributed by atoms with E-state index in [0.29, 0.717) is 17.3 Å². The van der Waals surface area contributed by atoms with Crippen LogP contribution in [0.4, 0.5) is 5.69 Å². The van der Waals surface area contributed by atoms with E-state index in [1.165, 1.54) is 0 Å². The first-order valence-corrected chi connectivity index (χ1v) is 5.60. The molecule has 0 fully saturated rings. The van der Waals surface area contributed by atoms with E-state index in [1.54, 1.807) is 12.3 Å². The first kappa shape index (κ1) is 11.0. The molecule has 82 valence electrons. The fourth-order valence-corrected chi connectivity index (χ4v) is 1.83. The summed E-state index contributed by atoms with van der Waals surface area (Å²) >= 11 is 3.40. The molecule has 4 heteroatoms. The van der Waals surface area contributed by atoms with Crippen molar-refractivity contribution < 1.29 is 4.74 Å². The molecular weight excluding hydrogens is 268 g/mol. The average molecular weight is 279 g/mol. The van der Waals surface area contributed by atoms with Crippen LogP contribution in [-0.2, 0) is 0 Å². The standard InChI is InChI=1S/C12H11BrN2O/c1-8-5-11(13)12(15-7-8)16-10-4-2-3-9(14)6-10/h2-7H,14H2,1H3. The molecule has 0 spiro atoms. The fourth-order valence-electron chi connectivity index (χ4n) is 1.29. The number of hydrogen-bond acceptors (Lipinski definition) is 3. The quantitative estimate of drug-likeness (QED) is 0.855. The van der Waals surface area contributed by atoms with E-state index in [1.807, 2.05) is 31.2 Å². The van der Waals surface area contributed by atoms with Gasteiger partial charge in [-0.15, -0.1) is 0 Å². The van der Waals surface area contributed by atoms with Crippen LogP contribution in [0.1, 0.15) is 5.56 Å². The zero-order valence-electron chi connectivity index (χ0n) is 8.77. The van der Waals surface area contributed by atoms with Crippen molar-refractivity contribution in [3.63, 3.8) is 0 Å². The summed E-state index contributed by atoms with van der Waals surface area (Å²) < 4.78 is 6.44.